The van der Waals surface area contributed by atoms with Crippen LogP contribution in [0.25, 0.3) is 65.8 Å². The summed E-state index contributed by atoms with van der Waals surface area (Å²) in [5, 5.41) is 6.58. The van der Waals surface area contributed by atoms with Gasteiger partial charge in [-0.15, -0.1) is 0 Å². The number of rotatable bonds is 7. The summed E-state index contributed by atoms with van der Waals surface area (Å²) in [7, 11) is 0. The van der Waals surface area contributed by atoms with Crippen molar-refractivity contribution in [3.63, 3.8) is 0 Å². The number of benzene rings is 9. The van der Waals surface area contributed by atoms with E-state index in [9.17, 15) is 0 Å². The summed E-state index contributed by atoms with van der Waals surface area (Å²) in [5.74, 6) is 0. The van der Waals surface area contributed by atoms with Gasteiger partial charge in [0.25, 0.3) is 0 Å². The summed E-state index contributed by atoms with van der Waals surface area (Å²) in [4.78, 5) is 4.63. The molecule has 0 bridgehead atoms. The Labute approximate surface area is 323 Å². The fourth-order valence-electron chi connectivity index (χ4n) is 8.21. The minimum Gasteiger partial charge on any atom is -0.456 e. The van der Waals surface area contributed by atoms with Gasteiger partial charge in [-0.3, -0.25) is 0 Å². The maximum atomic E-state index is 6.82. The normalized spacial score (nSPS) is 11.6. The lowest BCUT2D eigenvalue weighted by atomic mass is 9.99. The summed E-state index contributed by atoms with van der Waals surface area (Å²) in [6, 6.07) is 72.5. The Balaban J connectivity index is 1.10. The molecule has 0 aliphatic heterocycles. The molecule has 0 spiro atoms. The van der Waals surface area contributed by atoms with Crippen molar-refractivity contribution in [2.75, 3.05) is 9.80 Å². The van der Waals surface area contributed by atoms with E-state index in [-0.39, 0.29) is 0 Å². The zero-order valence-corrected chi connectivity index (χ0v) is 30.3. The van der Waals surface area contributed by atoms with Gasteiger partial charge in [-0.2, -0.15) is 0 Å². The van der Waals surface area contributed by atoms with Crippen LogP contribution in [0.1, 0.15) is 0 Å². The van der Waals surface area contributed by atoms with Crippen molar-refractivity contribution >= 4 is 88.8 Å². The Morgan fingerprint density at radius 3 is 1.57 bits per heavy atom. The summed E-state index contributed by atoms with van der Waals surface area (Å²) in [6.45, 7) is 0. The molecule has 4 heteroatoms. The molecule has 2 aromatic heterocycles. The molecule has 56 heavy (non-hydrogen) atoms. The summed E-state index contributed by atoms with van der Waals surface area (Å²) >= 11 is 0. The summed E-state index contributed by atoms with van der Waals surface area (Å²) in [6.07, 6.45) is 0. The Morgan fingerprint density at radius 2 is 0.857 bits per heavy atom. The van der Waals surface area contributed by atoms with Gasteiger partial charge in [0.15, 0.2) is 0 Å². The Morgan fingerprint density at radius 1 is 0.304 bits per heavy atom. The summed E-state index contributed by atoms with van der Waals surface area (Å²) < 4.78 is 13.3. The third kappa shape index (κ3) is 5.31. The van der Waals surface area contributed by atoms with E-state index < -0.39 is 0 Å². The van der Waals surface area contributed by atoms with Crippen LogP contribution in [0, 0.1) is 0 Å². The van der Waals surface area contributed by atoms with Crippen molar-refractivity contribution < 1.29 is 8.83 Å². The molecule has 0 unspecified atom stereocenters. The van der Waals surface area contributed by atoms with Crippen LogP contribution in [-0.2, 0) is 0 Å². The van der Waals surface area contributed by atoms with Gasteiger partial charge in [-0.25, -0.2) is 0 Å². The lowest BCUT2D eigenvalue weighted by molar-refractivity contribution is 0.669. The van der Waals surface area contributed by atoms with E-state index in [1.165, 1.54) is 5.39 Å². The lowest BCUT2D eigenvalue weighted by Crippen LogP contribution is -2.11. The van der Waals surface area contributed by atoms with E-state index in [0.29, 0.717) is 0 Å². The average Bonchev–Trinajstić information content (AvgIpc) is 3.82. The predicted octanol–water partition coefficient (Wildman–Crippen LogP) is 15.2. The van der Waals surface area contributed by atoms with Gasteiger partial charge in [0, 0.05) is 67.0 Å². The zero-order chi connectivity index (χ0) is 37.0. The van der Waals surface area contributed by atoms with Crippen molar-refractivity contribution in [2.24, 2.45) is 0 Å². The van der Waals surface area contributed by atoms with Crippen LogP contribution in [0.15, 0.2) is 215 Å². The molecule has 2 heterocycles. The maximum Gasteiger partial charge on any atom is 0.143 e. The molecular formula is C52H34N2O2. The highest BCUT2D eigenvalue weighted by molar-refractivity contribution is 6.16. The number of hydrogen-bond donors (Lipinski definition) is 0. The van der Waals surface area contributed by atoms with Crippen molar-refractivity contribution in [3.8, 4) is 11.1 Å². The number of hydrogen-bond acceptors (Lipinski definition) is 4. The van der Waals surface area contributed by atoms with Gasteiger partial charge in [0.05, 0.1) is 5.69 Å². The largest absolute Gasteiger partial charge is 0.456 e. The monoisotopic (exact) mass is 718 g/mol. The highest BCUT2D eigenvalue weighted by Crippen LogP contribution is 2.46. The van der Waals surface area contributed by atoms with Gasteiger partial charge < -0.3 is 18.6 Å². The van der Waals surface area contributed by atoms with Crippen molar-refractivity contribution in [2.45, 2.75) is 0 Å². The van der Waals surface area contributed by atoms with E-state index in [2.05, 4.69) is 216 Å². The van der Waals surface area contributed by atoms with Gasteiger partial charge in [0.2, 0.25) is 0 Å². The van der Waals surface area contributed by atoms with Crippen molar-refractivity contribution in [1.82, 2.24) is 0 Å². The van der Waals surface area contributed by atoms with E-state index in [1.807, 2.05) is 0 Å². The Kier molecular flexibility index (Phi) is 7.46. The maximum absolute atomic E-state index is 6.82. The second kappa shape index (κ2) is 13.1. The molecule has 0 amide bonds. The van der Waals surface area contributed by atoms with Crippen LogP contribution in [0.3, 0.4) is 0 Å². The fourth-order valence-corrected chi connectivity index (χ4v) is 8.21. The molecule has 4 nitrogen and oxygen atoms in total. The fraction of sp³-hybridized carbons (Fsp3) is 0. The van der Waals surface area contributed by atoms with E-state index in [0.717, 1.165) is 94.5 Å². The van der Waals surface area contributed by atoms with Crippen LogP contribution >= 0.6 is 0 Å². The van der Waals surface area contributed by atoms with Crippen molar-refractivity contribution in [3.05, 3.63) is 206 Å². The number of furan rings is 2. The van der Waals surface area contributed by atoms with Crippen molar-refractivity contribution in [1.29, 1.82) is 0 Å². The molecule has 0 saturated heterocycles. The first-order valence-corrected chi connectivity index (χ1v) is 18.9. The highest BCUT2D eigenvalue weighted by Gasteiger charge is 2.22. The van der Waals surface area contributed by atoms with E-state index >= 15 is 0 Å². The molecule has 11 rings (SSSR count). The predicted molar refractivity (Wildman–Crippen MR) is 233 cm³/mol. The molecule has 11 aromatic rings. The lowest BCUT2D eigenvalue weighted by Gasteiger charge is -2.28. The second-order valence-electron chi connectivity index (χ2n) is 14.1. The third-order valence-corrected chi connectivity index (χ3v) is 10.8. The quantitative estimate of drug-likeness (QED) is 0.164. The Hall–Kier alpha value is -7.56. The Bertz CT molecular complexity index is 3150. The molecule has 0 fully saturated rings. The smallest absolute Gasteiger partial charge is 0.143 e. The molecule has 0 atom stereocenters. The molecule has 0 aliphatic rings. The van der Waals surface area contributed by atoms with E-state index in [1.54, 1.807) is 0 Å². The van der Waals surface area contributed by atoms with Crippen LogP contribution in [-0.4, -0.2) is 0 Å². The molecule has 9 aromatic carbocycles. The standard InChI is InChI=1S/C52H34N2O2/c1-5-15-35(16-6-1)45-34-51-47(33-48(45)54(38-20-9-3-10-21-38)39-22-11-4-12-23-39)43-29-26-41(32-50(43)55-51)53(37-18-7-2-8-19-37)40-27-30-49-46(31-40)44-28-25-36-17-13-14-24-42(36)52(44)56-49/h1-34H. The average molecular weight is 719 g/mol. The minimum atomic E-state index is 0.821. The number of nitrogens with zero attached hydrogens (tertiary/aromatic N) is 2. The van der Waals surface area contributed by atoms with Gasteiger partial charge in [-0.1, -0.05) is 115 Å². The van der Waals surface area contributed by atoms with E-state index in [4.69, 9.17) is 8.83 Å². The number of anilines is 6. The minimum absolute atomic E-state index is 0.821. The van der Waals surface area contributed by atoms with Crippen LogP contribution in [0.5, 0.6) is 0 Å². The van der Waals surface area contributed by atoms with Crippen LogP contribution in [0.2, 0.25) is 0 Å². The zero-order valence-electron chi connectivity index (χ0n) is 30.3. The first-order valence-electron chi connectivity index (χ1n) is 18.9. The van der Waals surface area contributed by atoms with Gasteiger partial charge >= 0.3 is 0 Å². The summed E-state index contributed by atoms with van der Waals surface area (Å²) in [5.41, 5.74) is 12.0. The molecule has 264 valence electrons. The first kappa shape index (κ1) is 31.9. The molecule has 0 radical (unpaired) electrons. The third-order valence-electron chi connectivity index (χ3n) is 10.8. The molecule has 0 N–H and O–H groups in total. The van der Waals surface area contributed by atoms with Gasteiger partial charge in [0.1, 0.15) is 22.3 Å². The number of para-hydroxylation sites is 3. The first-order chi connectivity index (χ1) is 27.8. The highest BCUT2D eigenvalue weighted by atomic mass is 16.3. The van der Waals surface area contributed by atoms with Crippen LogP contribution in [0.4, 0.5) is 34.1 Å². The second-order valence-corrected chi connectivity index (χ2v) is 14.1. The topological polar surface area (TPSA) is 32.8 Å². The SMILES string of the molecule is c1ccc(-c2cc3oc4cc(N(c5ccccc5)c5ccc6oc7c8ccccc8ccc7c6c5)ccc4c3cc2N(c2ccccc2)c2ccccc2)cc1. The molecular weight excluding hydrogens is 685 g/mol. The molecule has 0 saturated carbocycles. The number of fused-ring (bicyclic) bond motifs is 8. The van der Waals surface area contributed by atoms with Crippen LogP contribution < -0.4 is 9.80 Å². The molecule has 0 aliphatic carbocycles. The van der Waals surface area contributed by atoms with Gasteiger partial charge in [-0.05, 0) is 95.9 Å².